The van der Waals surface area contributed by atoms with Crippen molar-refractivity contribution >= 4 is 72.3 Å². The molecule has 8 rings (SSSR count). The van der Waals surface area contributed by atoms with Gasteiger partial charge in [0.25, 0.3) is 21.3 Å². The topological polar surface area (TPSA) is 275 Å². The summed E-state index contributed by atoms with van der Waals surface area (Å²) in [6.45, 7) is 1.58. The number of hydrogen-bond donors (Lipinski definition) is 1. The SMILES string of the molecule is Cc1[n-]n(-c2ccccc2)c(=O)c1N=Nc1cc([N+](=O)[O-])ccc1[O-].O=C([O-])c1ccccc1NS(=O)(=O)c1ccc([O-])c(N=Nc2c([N-]c3ccccc3)ccc3ccccc23)c1.[Co+3].[H+].[Na+]. The van der Waals surface area contributed by atoms with E-state index in [9.17, 15) is 43.4 Å². The maximum atomic E-state index is 13.0. The molecule has 66 heavy (non-hydrogen) atoms. The maximum absolute atomic E-state index is 13.0. The van der Waals surface area contributed by atoms with Crippen LogP contribution in [-0.4, -0.2) is 24.0 Å². The van der Waals surface area contributed by atoms with Crippen molar-refractivity contribution in [3.05, 3.63) is 195 Å². The number of fused-ring (bicyclic) bond motifs is 1. The fourth-order valence-corrected chi connectivity index (χ4v) is 7.14. The van der Waals surface area contributed by atoms with Gasteiger partial charge >= 0.3 is 47.8 Å². The van der Waals surface area contributed by atoms with Crippen molar-refractivity contribution in [1.82, 2.24) is 9.78 Å². The Balaban J connectivity index is 0.000000305. The van der Waals surface area contributed by atoms with E-state index in [-0.39, 0.29) is 86.7 Å². The second-order valence-corrected chi connectivity index (χ2v) is 15.1. The molecule has 0 spiro atoms. The van der Waals surface area contributed by atoms with Crippen LogP contribution in [0.5, 0.6) is 11.5 Å². The number of para-hydroxylation sites is 3. The number of nitro groups is 1. The number of sulfonamides is 1. The van der Waals surface area contributed by atoms with E-state index in [4.69, 9.17) is 0 Å². The summed E-state index contributed by atoms with van der Waals surface area (Å²) >= 11 is 0. The average Bonchev–Trinajstić information content (AvgIpc) is 3.58. The van der Waals surface area contributed by atoms with Crippen molar-refractivity contribution in [1.29, 1.82) is 0 Å². The number of azo groups is 2. The van der Waals surface area contributed by atoms with E-state index in [2.05, 4.69) is 35.6 Å². The van der Waals surface area contributed by atoms with Crippen molar-refractivity contribution in [3.63, 3.8) is 0 Å². The van der Waals surface area contributed by atoms with Crippen LogP contribution in [0, 0.1) is 17.0 Å². The number of carbonyl (C=O) groups excluding carboxylic acids is 1. The molecule has 0 saturated heterocycles. The van der Waals surface area contributed by atoms with Crippen LogP contribution in [0.1, 0.15) is 17.5 Å². The van der Waals surface area contributed by atoms with E-state index in [1.807, 2.05) is 66.7 Å². The molecule has 8 aromatic rings. The Morgan fingerprint density at radius 2 is 1.33 bits per heavy atom. The molecule has 0 unspecified atom stereocenters. The molecule has 0 atom stereocenters. The summed E-state index contributed by atoms with van der Waals surface area (Å²) in [4.78, 5) is 33.6. The summed E-state index contributed by atoms with van der Waals surface area (Å²) in [6.07, 6.45) is 0. The monoisotopic (exact) mass is 955 g/mol. The summed E-state index contributed by atoms with van der Waals surface area (Å²) < 4.78 is 29.5. The molecular formula is C45H31CoN9NaO9S. The number of aromatic nitrogens is 2. The van der Waals surface area contributed by atoms with Crippen LogP contribution in [-0.2, 0) is 26.8 Å². The minimum Gasteiger partial charge on any atom is -0.871 e. The van der Waals surface area contributed by atoms with Crippen LogP contribution in [0.3, 0.4) is 0 Å². The quantitative estimate of drug-likeness (QED) is 0.0700. The number of carboxylic acids is 1. The number of carbonyl (C=O) groups is 1. The first-order chi connectivity index (χ1) is 30.8. The first kappa shape index (κ1) is 49.6. The number of hydrogen-bond acceptors (Lipinski definition) is 13. The summed E-state index contributed by atoms with van der Waals surface area (Å²) in [5, 5.41) is 72.8. The van der Waals surface area contributed by atoms with Gasteiger partial charge in [0, 0.05) is 28.8 Å². The van der Waals surface area contributed by atoms with Gasteiger partial charge in [-0.05, 0) is 35.7 Å². The molecule has 1 N–H and O–H groups in total. The van der Waals surface area contributed by atoms with Gasteiger partial charge in [0.1, 0.15) is 5.69 Å². The Labute approximate surface area is 409 Å². The number of nitro benzene ring substituents is 1. The van der Waals surface area contributed by atoms with Gasteiger partial charge in [-0.3, -0.25) is 19.6 Å². The van der Waals surface area contributed by atoms with E-state index >= 15 is 0 Å². The zero-order valence-corrected chi connectivity index (χ0v) is 38.4. The van der Waals surface area contributed by atoms with Crippen molar-refractivity contribution in [2.75, 3.05) is 4.72 Å². The Bertz CT molecular complexity index is 3290. The summed E-state index contributed by atoms with van der Waals surface area (Å²) in [7, 11) is -4.28. The normalized spacial score (nSPS) is 11.0. The van der Waals surface area contributed by atoms with E-state index in [0.29, 0.717) is 28.4 Å². The van der Waals surface area contributed by atoms with Crippen molar-refractivity contribution < 1.29 is 81.2 Å². The van der Waals surface area contributed by atoms with Gasteiger partial charge in [-0.15, -0.1) is 22.2 Å². The Morgan fingerprint density at radius 1 is 0.742 bits per heavy atom. The average molecular weight is 956 g/mol. The molecule has 21 heteroatoms. The molecule has 18 nitrogen and oxygen atoms in total. The molecule has 0 aliphatic rings. The zero-order valence-electron chi connectivity index (χ0n) is 35.5. The van der Waals surface area contributed by atoms with Gasteiger partial charge in [-0.25, -0.2) is 8.42 Å². The van der Waals surface area contributed by atoms with Crippen LogP contribution in [0.4, 0.5) is 45.5 Å². The predicted molar refractivity (Wildman–Crippen MR) is 233 cm³/mol. The Kier molecular flexibility index (Phi) is 16.5. The first-order valence-corrected chi connectivity index (χ1v) is 20.3. The zero-order chi connectivity index (χ0) is 45.4. The molecule has 0 bridgehead atoms. The summed E-state index contributed by atoms with van der Waals surface area (Å²) in [6, 6.07) is 41.0. The standard InChI is InChI=1S/C29H22N4O5S.C16H13N5O4.Co.Na/c34-27-17-15-21(39(37,38)33-24-13-7-6-12-23(24)29(35)36)18-26(27)31-32-28-22-11-5-4-8-19(22)14-16-25(28)30-20-9-2-1-3-10-20;1-10-15(16(23)20(19-10)11-5-3-2-4-6-11)18-17-13-9-12(21(24)25)7-8-14(13)22;;/h1-18,33H,(H3,30,31,32,34,35,36);2-9H,1H3,(H2,17,18,19,22,23);;/q;;+3;+1/p-4. The second kappa shape index (κ2) is 21.9. The number of carboxylic acid groups (broad SMARTS) is 1. The molecule has 0 aliphatic heterocycles. The molecule has 7 aromatic carbocycles. The van der Waals surface area contributed by atoms with E-state index in [0.717, 1.165) is 47.2 Å². The summed E-state index contributed by atoms with van der Waals surface area (Å²) in [5.41, 5.74) is 0.767. The number of non-ortho nitro benzene ring substituents is 1. The predicted octanol–water partition coefficient (Wildman–Crippen LogP) is 5.44. The first-order valence-electron chi connectivity index (χ1n) is 18.8. The minimum absolute atomic E-state index is 0. The van der Waals surface area contributed by atoms with Gasteiger partial charge in [0.2, 0.25) is 0 Å². The molecule has 0 aliphatic carbocycles. The minimum atomic E-state index is -4.28. The number of aryl methyl sites for hydroxylation is 1. The number of rotatable bonds is 12. The molecule has 0 radical (unpaired) electrons. The number of benzene rings is 7. The molecular weight excluding hydrogens is 925 g/mol. The van der Waals surface area contributed by atoms with Crippen molar-refractivity contribution in [3.8, 4) is 17.2 Å². The Hall–Kier alpha value is -7.46. The van der Waals surface area contributed by atoms with Gasteiger partial charge < -0.3 is 35.2 Å². The molecule has 0 amide bonds. The van der Waals surface area contributed by atoms with Gasteiger partial charge in [0.05, 0.1) is 38.5 Å². The van der Waals surface area contributed by atoms with E-state index < -0.39 is 38.0 Å². The fourth-order valence-electron chi connectivity index (χ4n) is 6.04. The smallest absolute Gasteiger partial charge is 0.871 e. The molecule has 1 heterocycles. The largest absolute Gasteiger partial charge is 3.00 e. The van der Waals surface area contributed by atoms with E-state index in [1.54, 1.807) is 37.3 Å². The number of aromatic carboxylic acids is 1. The summed E-state index contributed by atoms with van der Waals surface area (Å²) in [5.74, 6) is -2.62. The number of nitrogens with one attached hydrogen (secondary N) is 1. The van der Waals surface area contributed by atoms with Crippen LogP contribution >= 0.6 is 0 Å². The van der Waals surface area contributed by atoms with Crippen LogP contribution in [0.2, 0.25) is 0 Å². The van der Waals surface area contributed by atoms with E-state index in [1.165, 1.54) is 28.9 Å². The third kappa shape index (κ3) is 11.6. The molecule has 326 valence electrons. The third-order valence-electron chi connectivity index (χ3n) is 9.17. The molecule has 1 aromatic heterocycles. The number of anilines is 1. The fraction of sp³-hybridized carbons (Fsp3) is 0.0222. The van der Waals surface area contributed by atoms with Crippen molar-refractivity contribution in [2.24, 2.45) is 20.5 Å². The van der Waals surface area contributed by atoms with Gasteiger partial charge in [0.15, 0.2) is 0 Å². The van der Waals surface area contributed by atoms with Gasteiger partial charge in [-0.1, -0.05) is 134 Å². The maximum Gasteiger partial charge on any atom is 3.00 e. The van der Waals surface area contributed by atoms with Crippen LogP contribution in [0.25, 0.3) is 21.8 Å². The molecule has 0 saturated carbocycles. The van der Waals surface area contributed by atoms with Crippen LogP contribution < -0.4 is 60.3 Å². The Morgan fingerprint density at radius 3 is 2.02 bits per heavy atom. The number of nitrogens with zero attached hydrogens (tertiary/aromatic N) is 8. The van der Waals surface area contributed by atoms with Crippen LogP contribution in [0.15, 0.2) is 188 Å². The third-order valence-corrected chi connectivity index (χ3v) is 10.5. The van der Waals surface area contributed by atoms with Gasteiger partial charge in [-0.2, -0.15) is 15.3 Å². The second-order valence-electron chi connectivity index (χ2n) is 13.5. The van der Waals surface area contributed by atoms with Crippen molar-refractivity contribution in [2.45, 2.75) is 11.8 Å². The molecule has 0 fully saturated rings.